The van der Waals surface area contributed by atoms with E-state index in [4.69, 9.17) is 38.2 Å². The fourth-order valence-corrected chi connectivity index (χ4v) is 15.4. The van der Waals surface area contributed by atoms with Crippen LogP contribution in [0.5, 0.6) is 23.0 Å². The molecule has 5 aromatic rings. The molecule has 10 rings (SSSR count). The number of nitrogens with zero attached hydrogens (tertiary/aromatic N) is 4. The van der Waals surface area contributed by atoms with Gasteiger partial charge in [-0.25, -0.2) is 0 Å². The monoisotopic (exact) mass is 1200 g/mol. The first-order valence-corrected chi connectivity index (χ1v) is 32.6. The maximum Gasteiger partial charge on any atom is 0.261 e. The van der Waals surface area contributed by atoms with Crippen molar-refractivity contribution < 1.29 is 47.5 Å². The number of nitrogens with one attached hydrogen (secondary N) is 2. The van der Waals surface area contributed by atoms with Crippen LogP contribution in [-0.4, -0.2) is 126 Å². The Balaban J connectivity index is 0.901. The van der Waals surface area contributed by atoms with Crippen molar-refractivity contribution in [1.82, 2.24) is 5.32 Å². The van der Waals surface area contributed by atoms with Gasteiger partial charge in [-0.3, -0.25) is 24.3 Å². The molecule has 3 amide bonds. The van der Waals surface area contributed by atoms with E-state index in [-0.39, 0.29) is 53.3 Å². The number of hydrogen-bond donors (Lipinski definition) is 2. The van der Waals surface area contributed by atoms with E-state index >= 15 is 0 Å². The first-order valence-electron chi connectivity index (χ1n) is 30.3. The number of aliphatic imine (C=N–C) groups is 1. The second-order valence-electron chi connectivity index (χ2n) is 23.4. The minimum Gasteiger partial charge on any atom is -0.493 e. The summed E-state index contributed by atoms with van der Waals surface area (Å²) in [5, 5.41) is 7.09. The zero-order chi connectivity index (χ0) is 59.5. The molecule has 2 atom stereocenters. The molecule has 1 aliphatic carbocycles. The minimum absolute atomic E-state index is 0.0243. The van der Waals surface area contributed by atoms with Gasteiger partial charge >= 0.3 is 0 Å². The van der Waals surface area contributed by atoms with E-state index in [0.717, 1.165) is 70.8 Å². The van der Waals surface area contributed by atoms with Crippen LogP contribution in [0.4, 0.5) is 28.4 Å². The molecule has 4 heterocycles. The van der Waals surface area contributed by atoms with Crippen molar-refractivity contribution in [1.29, 1.82) is 0 Å². The third-order valence-corrected chi connectivity index (χ3v) is 20.6. The van der Waals surface area contributed by atoms with Gasteiger partial charge in [-0.05, 0) is 123 Å². The maximum absolute atomic E-state index is 14.3. The van der Waals surface area contributed by atoms with E-state index < -0.39 is 0 Å². The normalized spacial score (nSPS) is 17.0. The molecule has 16 nitrogen and oxygen atoms in total. The smallest absolute Gasteiger partial charge is 0.261 e. The van der Waals surface area contributed by atoms with Crippen molar-refractivity contribution in [2.75, 3.05) is 99.8 Å². The quantitative estimate of drug-likeness (QED) is 0.0330. The molecule has 5 aromatic carbocycles. The SMILES string of the molecule is CCC(CC)(NC(=O)CCCSSC(C)(C)CN(CCOCCOCCOC)c1cc(COc2cc3c(cc2OC)C(=O)N2c4ccccc4C[C@H]2C=N3)cc(COc2cc3c(cc2OC)C(=O)N2c4ccccc4C[C@H]2CN3)c1)C1CCCC1. The van der Waals surface area contributed by atoms with Crippen LogP contribution >= 0.6 is 21.6 Å². The molecule has 1 fully saturated rings. The van der Waals surface area contributed by atoms with E-state index in [9.17, 15) is 14.4 Å². The molecule has 2 N–H and O–H groups in total. The summed E-state index contributed by atoms with van der Waals surface area (Å²) in [4.78, 5) is 53.1. The van der Waals surface area contributed by atoms with Crippen molar-refractivity contribution in [3.63, 3.8) is 0 Å². The lowest BCUT2D eigenvalue weighted by atomic mass is 9.78. The molecule has 0 aromatic heterocycles. The largest absolute Gasteiger partial charge is 0.493 e. The fraction of sp³-hybridized carbons (Fsp3) is 0.493. The first kappa shape index (κ1) is 61.6. The van der Waals surface area contributed by atoms with Gasteiger partial charge < -0.3 is 53.6 Å². The van der Waals surface area contributed by atoms with Gasteiger partial charge in [0, 0.05) is 91.0 Å². The van der Waals surface area contributed by atoms with Gasteiger partial charge in [0.05, 0.1) is 81.8 Å². The van der Waals surface area contributed by atoms with Crippen LogP contribution in [0.15, 0.2) is 96.0 Å². The van der Waals surface area contributed by atoms with Crippen molar-refractivity contribution in [3.8, 4) is 23.0 Å². The molecule has 18 heteroatoms. The molecular weight excluding hydrogens is 1110 g/mol. The van der Waals surface area contributed by atoms with Gasteiger partial charge in [0.2, 0.25) is 5.91 Å². The van der Waals surface area contributed by atoms with Crippen molar-refractivity contribution in [3.05, 3.63) is 124 Å². The van der Waals surface area contributed by atoms with E-state index in [1.54, 1.807) is 39.5 Å². The van der Waals surface area contributed by atoms with Crippen LogP contribution in [0.25, 0.3) is 0 Å². The number of para-hydroxylation sites is 2. The Morgan fingerprint density at radius 1 is 0.741 bits per heavy atom. The highest BCUT2D eigenvalue weighted by Gasteiger charge is 2.40. The Bertz CT molecular complexity index is 3180. The molecule has 0 saturated heterocycles. The molecule has 0 bridgehead atoms. The highest BCUT2D eigenvalue weighted by Crippen LogP contribution is 2.45. The summed E-state index contributed by atoms with van der Waals surface area (Å²) in [6.45, 7) is 13.4. The van der Waals surface area contributed by atoms with Gasteiger partial charge in [-0.2, -0.15) is 0 Å². The van der Waals surface area contributed by atoms with Crippen molar-refractivity contribution in [2.24, 2.45) is 10.9 Å². The Kier molecular flexibility index (Phi) is 20.6. The summed E-state index contributed by atoms with van der Waals surface area (Å²) in [6.07, 6.45) is 11.5. The average molecular weight is 1200 g/mol. The van der Waals surface area contributed by atoms with E-state index in [0.29, 0.717) is 117 Å². The topological polar surface area (TPSA) is 162 Å². The van der Waals surface area contributed by atoms with Crippen LogP contribution in [0.3, 0.4) is 0 Å². The third-order valence-electron chi connectivity index (χ3n) is 17.3. The second-order valence-corrected chi connectivity index (χ2v) is 26.5. The Morgan fingerprint density at radius 2 is 1.36 bits per heavy atom. The number of ether oxygens (including phenoxy) is 7. The number of rotatable bonds is 30. The van der Waals surface area contributed by atoms with Crippen LogP contribution in [0, 0.1) is 5.92 Å². The van der Waals surface area contributed by atoms with Crippen LogP contribution in [0.1, 0.15) is 122 Å². The number of carbonyl (C=O) groups excluding carboxylic acids is 3. The lowest BCUT2D eigenvalue weighted by molar-refractivity contribution is -0.124. The standard InChI is InChI=1S/C67H84N6O10S2/c1-8-67(9-2,49-19-12-13-20-49)70-63(74)23-16-30-84-85-66(3,4)44-71(24-25-80-28-29-81-27-26-77-5)50-32-45(42-82-61-38-55-53(36-59(61)78-6)64(75)72-51(40-68-55)34-47-17-10-14-21-57(47)72)31-46(33-50)43-83-62-39-56-54(37-60(62)79-7)65(76)73-52(41-69-56)35-48-18-11-15-22-58(48)73/h10-11,14-15,17-18,21-22,31-33,36-40,49,51-52,69H,8-9,12-13,16,19-20,23-30,34-35,41-44H2,1-7H3,(H,70,74)/t51-,52-/m0/s1. The fourth-order valence-electron chi connectivity index (χ4n) is 12.9. The molecule has 85 heavy (non-hydrogen) atoms. The highest BCUT2D eigenvalue weighted by molar-refractivity contribution is 8.77. The number of benzene rings is 5. The van der Waals surface area contributed by atoms with E-state index in [1.165, 1.54) is 25.7 Å². The number of methoxy groups -OCH3 is 3. The predicted octanol–water partition coefficient (Wildman–Crippen LogP) is 12.4. The van der Waals surface area contributed by atoms with Gasteiger partial charge in [0.25, 0.3) is 11.8 Å². The van der Waals surface area contributed by atoms with Crippen LogP contribution in [-0.2, 0) is 45.1 Å². The number of hydrogen-bond acceptors (Lipinski definition) is 15. The lowest BCUT2D eigenvalue weighted by Crippen LogP contribution is -2.52. The van der Waals surface area contributed by atoms with Crippen molar-refractivity contribution in [2.45, 2.75) is 127 Å². The maximum atomic E-state index is 14.3. The third kappa shape index (κ3) is 14.4. The summed E-state index contributed by atoms with van der Waals surface area (Å²) in [5.41, 5.74) is 8.84. The molecule has 1 saturated carbocycles. The minimum atomic E-state index is -0.248. The summed E-state index contributed by atoms with van der Waals surface area (Å²) in [7, 11) is 8.47. The van der Waals surface area contributed by atoms with Crippen LogP contribution < -0.4 is 44.3 Å². The number of anilines is 4. The van der Waals surface area contributed by atoms with Crippen LogP contribution in [0.2, 0.25) is 0 Å². The Hall–Kier alpha value is -6.44. The molecule has 5 aliphatic rings. The molecule has 0 spiro atoms. The first-order chi connectivity index (χ1) is 41.3. The van der Waals surface area contributed by atoms with E-state index in [1.807, 2.05) is 80.1 Å². The zero-order valence-corrected chi connectivity index (χ0v) is 52.1. The summed E-state index contributed by atoms with van der Waals surface area (Å²) in [5.74, 6) is 3.16. The van der Waals surface area contributed by atoms with E-state index in [2.05, 4.69) is 73.6 Å². The summed E-state index contributed by atoms with van der Waals surface area (Å²) < 4.78 is 42.2. The van der Waals surface area contributed by atoms with Gasteiger partial charge in [0.1, 0.15) is 13.2 Å². The zero-order valence-electron chi connectivity index (χ0n) is 50.5. The molecular formula is C67H84N6O10S2. The molecule has 0 unspecified atom stereocenters. The average Bonchev–Trinajstić information content (AvgIpc) is 2.00. The number of amides is 3. The summed E-state index contributed by atoms with van der Waals surface area (Å²) in [6, 6.07) is 29.4. The second kappa shape index (κ2) is 28.4. The van der Waals surface area contributed by atoms with Crippen molar-refractivity contribution >= 4 is 74.0 Å². The van der Waals surface area contributed by atoms with Gasteiger partial charge in [-0.15, -0.1) is 0 Å². The Morgan fingerprint density at radius 3 is 2.05 bits per heavy atom. The number of carbonyl (C=O) groups is 3. The highest BCUT2D eigenvalue weighted by atomic mass is 33.1. The van der Waals surface area contributed by atoms with Gasteiger partial charge in [-0.1, -0.05) is 84.7 Å². The Labute approximate surface area is 509 Å². The predicted molar refractivity (Wildman–Crippen MR) is 342 cm³/mol. The lowest BCUT2D eigenvalue weighted by Gasteiger charge is -2.39. The summed E-state index contributed by atoms with van der Waals surface area (Å²) >= 11 is 0. The number of fused-ring (bicyclic) bond motifs is 8. The molecule has 454 valence electrons. The molecule has 0 radical (unpaired) electrons. The van der Waals surface area contributed by atoms with Gasteiger partial charge in [0.15, 0.2) is 23.0 Å². The molecule has 4 aliphatic heterocycles.